The first-order valence-corrected chi connectivity index (χ1v) is 7.80. The number of aromatic amines is 1. The second-order valence-corrected chi connectivity index (χ2v) is 5.64. The zero-order valence-electron chi connectivity index (χ0n) is 13.6. The van der Waals surface area contributed by atoms with Crippen LogP contribution in [0.2, 0.25) is 0 Å². The Morgan fingerprint density at radius 2 is 2.22 bits per heavy atom. The highest BCUT2D eigenvalue weighted by Crippen LogP contribution is 2.44. The lowest BCUT2D eigenvalue weighted by Gasteiger charge is -2.25. The second kappa shape index (κ2) is 6.32. The molecule has 3 rings (SSSR count). The van der Waals surface area contributed by atoms with Crippen molar-refractivity contribution in [2.75, 3.05) is 19.0 Å². The molecule has 1 atom stereocenters. The average molecular weight is 315 g/mol. The SMILES string of the molecule is CCCOc1c(OC)cccc1[C@H]1CC(=O)Nc2n[nH]c(C)c21. The molecule has 23 heavy (non-hydrogen) atoms. The van der Waals surface area contributed by atoms with Crippen LogP contribution in [0.1, 0.15) is 42.5 Å². The monoisotopic (exact) mass is 315 g/mol. The van der Waals surface area contributed by atoms with E-state index in [1.165, 1.54) is 0 Å². The summed E-state index contributed by atoms with van der Waals surface area (Å²) < 4.78 is 11.4. The molecule has 1 aromatic heterocycles. The van der Waals surface area contributed by atoms with Crippen molar-refractivity contribution in [2.24, 2.45) is 0 Å². The van der Waals surface area contributed by atoms with Gasteiger partial charge in [-0.15, -0.1) is 0 Å². The minimum atomic E-state index is -0.0977. The van der Waals surface area contributed by atoms with E-state index in [9.17, 15) is 4.79 Å². The fourth-order valence-electron chi connectivity index (χ4n) is 3.02. The highest BCUT2D eigenvalue weighted by molar-refractivity contribution is 5.94. The van der Waals surface area contributed by atoms with Crippen LogP contribution in [0, 0.1) is 6.92 Å². The number of nitrogens with one attached hydrogen (secondary N) is 2. The largest absolute Gasteiger partial charge is 0.493 e. The van der Waals surface area contributed by atoms with E-state index in [-0.39, 0.29) is 11.8 Å². The van der Waals surface area contributed by atoms with Crippen LogP contribution in [0.25, 0.3) is 0 Å². The summed E-state index contributed by atoms with van der Waals surface area (Å²) in [6.07, 6.45) is 1.27. The van der Waals surface area contributed by atoms with Crippen LogP contribution in [-0.2, 0) is 4.79 Å². The molecular weight excluding hydrogens is 294 g/mol. The first-order chi connectivity index (χ1) is 11.2. The molecule has 2 heterocycles. The third kappa shape index (κ3) is 2.76. The number of hydrogen-bond donors (Lipinski definition) is 2. The van der Waals surface area contributed by atoms with Crippen LogP contribution >= 0.6 is 0 Å². The third-order valence-corrected chi connectivity index (χ3v) is 4.05. The molecule has 0 spiro atoms. The van der Waals surface area contributed by atoms with E-state index in [1.54, 1.807) is 7.11 Å². The van der Waals surface area contributed by atoms with E-state index < -0.39 is 0 Å². The first kappa shape index (κ1) is 15.4. The predicted molar refractivity (Wildman–Crippen MR) is 87.2 cm³/mol. The molecule has 0 saturated carbocycles. The Hall–Kier alpha value is -2.50. The van der Waals surface area contributed by atoms with E-state index >= 15 is 0 Å². The molecule has 0 unspecified atom stereocenters. The molecule has 0 radical (unpaired) electrons. The van der Waals surface area contributed by atoms with Crippen molar-refractivity contribution in [3.8, 4) is 11.5 Å². The Morgan fingerprint density at radius 3 is 2.96 bits per heavy atom. The third-order valence-electron chi connectivity index (χ3n) is 4.05. The van der Waals surface area contributed by atoms with Gasteiger partial charge < -0.3 is 14.8 Å². The summed E-state index contributed by atoms with van der Waals surface area (Å²) in [4.78, 5) is 12.1. The molecule has 122 valence electrons. The number of H-pyrrole nitrogens is 1. The number of methoxy groups -OCH3 is 1. The standard InChI is InChI=1S/C17H21N3O3/c1-4-8-23-16-11(6-5-7-13(16)22-3)12-9-14(21)18-17-15(12)10(2)19-20-17/h5-7,12H,4,8-9H2,1-3H3,(H2,18,19,20,21)/t12-/m1/s1. The Balaban J connectivity index is 2.11. The van der Waals surface area contributed by atoms with Crippen molar-refractivity contribution < 1.29 is 14.3 Å². The summed E-state index contributed by atoms with van der Waals surface area (Å²) in [6, 6.07) is 5.79. The highest BCUT2D eigenvalue weighted by atomic mass is 16.5. The van der Waals surface area contributed by atoms with E-state index in [1.807, 2.05) is 25.1 Å². The van der Waals surface area contributed by atoms with Gasteiger partial charge in [-0.1, -0.05) is 19.1 Å². The molecule has 1 aliphatic heterocycles. The molecular formula is C17H21N3O3. The van der Waals surface area contributed by atoms with E-state index in [4.69, 9.17) is 9.47 Å². The Morgan fingerprint density at radius 1 is 1.39 bits per heavy atom. The van der Waals surface area contributed by atoms with Crippen LogP contribution in [0.3, 0.4) is 0 Å². The van der Waals surface area contributed by atoms with E-state index in [0.29, 0.717) is 30.3 Å². The number of para-hydroxylation sites is 1. The molecule has 0 fully saturated rings. The number of anilines is 1. The summed E-state index contributed by atoms with van der Waals surface area (Å²) in [5.41, 5.74) is 2.92. The van der Waals surface area contributed by atoms with Gasteiger partial charge in [0.15, 0.2) is 17.3 Å². The smallest absolute Gasteiger partial charge is 0.226 e. The summed E-state index contributed by atoms with van der Waals surface area (Å²) in [7, 11) is 1.63. The maximum atomic E-state index is 12.1. The number of aromatic nitrogens is 2. The van der Waals surface area contributed by atoms with Crippen molar-refractivity contribution in [3.05, 3.63) is 35.0 Å². The minimum Gasteiger partial charge on any atom is -0.493 e. The second-order valence-electron chi connectivity index (χ2n) is 5.64. The number of benzene rings is 1. The Labute approximate surface area is 135 Å². The summed E-state index contributed by atoms with van der Waals surface area (Å²) >= 11 is 0. The number of hydrogen-bond acceptors (Lipinski definition) is 4. The zero-order valence-corrected chi connectivity index (χ0v) is 13.6. The van der Waals surface area contributed by atoms with Crippen molar-refractivity contribution in [1.29, 1.82) is 0 Å². The number of amides is 1. The normalized spacial score (nSPS) is 16.7. The van der Waals surface area contributed by atoms with Crippen LogP contribution in [-0.4, -0.2) is 29.8 Å². The van der Waals surface area contributed by atoms with Gasteiger partial charge in [0.2, 0.25) is 5.91 Å². The molecule has 1 amide bonds. The number of aryl methyl sites for hydroxylation is 1. The van der Waals surface area contributed by atoms with Gasteiger partial charge in [-0.2, -0.15) is 5.10 Å². The Bertz CT molecular complexity index is 724. The number of fused-ring (bicyclic) bond motifs is 1. The van der Waals surface area contributed by atoms with Gasteiger partial charge in [-0.3, -0.25) is 9.89 Å². The highest BCUT2D eigenvalue weighted by Gasteiger charge is 2.33. The summed E-state index contributed by atoms with van der Waals surface area (Å²) in [6.45, 7) is 4.62. The van der Waals surface area contributed by atoms with E-state index in [2.05, 4.69) is 22.4 Å². The lowest BCUT2D eigenvalue weighted by molar-refractivity contribution is -0.116. The van der Waals surface area contributed by atoms with Crippen molar-refractivity contribution >= 4 is 11.7 Å². The maximum Gasteiger partial charge on any atom is 0.226 e. The maximum absolute atomic E-state index is 12.1. The van der Waals surface area contributed by atoms with E-state index in [0.717, 1.165) is 23.2 Å². The van der Waals surface area contributed by atoms with Gasteiger partial charge in [0.1, 0.15) is 0 Å². The molecule has 0 saturated heterocycles. The Kier molecular flexibility index (Phi) is 4.23. The lowest BCUT2D eigenvalue weighted by Crippen LogP contribution is -2.24. The fourth-order valence-corrected chi connectivity index (χ4v) is 3.02. The molecule has 6 nitrogen and oxygen atoms in total. The number of carbonyl (C=O) groups excluding carboxylic acids is 1. The van der Waals surface area contributed by atoms with Crippen LogP contribution in [0.15, 0.2) is 18.2 Å². The van der Waals surface area contributed by atoms with Gasteiger partial charge in [0, 0.05) is 29.2 Å². The molecule has 1 aliphatic rings. The lowest BCUT2D eigenvalue weighted by atomic mass is 9.85. The molecule has 6 heteroatoms. The van der Waals surface area contributed by atoms with Crippen molar-refractivity contribution in [2.45, 2.75) is 32.6 Å². The minimum absolute atomic E-state index is 0.0433. The molecule has 1 aromatic carbocycles. The average Bonchev–Trinajstić information content (AvgIpc) is 2.92. The van der Waals surface area contributed by atoms with Gasteiger partial charge in [0.05, 0.1) is 13.7 Å². The number of rotatable bonds is 5. The topological polar surface area (TPSA) is 76.2 Å². The van der Waals surface area contributed by atoms with Gasteiger partial charge in [-0.25, -0.2) is 0 Å². The quantitative estimate of drug-likeness (QED) is 0.889. The summed E-state index contributed by atoms with van der Waals surface area (Å²) in [5.74, 6) is 1.86. The van der Waals surface area contributed by atoms with Gasteiger partial charge >= 0.3 is 0 Å². The summed E-state index contributed by atoms with van der Waals surface area (Å²) in [5, 5.41) is 9.96. The number of nitrogens with zero attached hydrogens (tertiary/aromatic N) is 1. The van der Waals surface area contributed by atoms with Crippen molar-refractivity contribution in [1.82, 2.24) is 10.2 Å². The molecule has 2 aromatic rings. The number of ether oxygens (including phenoxy) is 2. The number of carbonyl (C=O) groups is 1. The predicted octanol–water partition coefficient (Wildman–Crippen LogP) is 2.99. The van der Waals surface area contributed by atoms with Gasteiger partial charge in [-0.05, 0) is 19.4 Å². The van der Waals surface area contributed by atoms with Crippen LogP contribution in [0.5, 0.6) is 11.5 Å². The van der Waals surface area contributed by atoms with Crippen molar-refractivity contribution in [3.63, 3.8) is 0 Å². The van der Waals surface area contributed by atoms with Crippen LogP contribution in [0.4, 0.5) is 5.82 Å². The molecule has 2 N–H and O–H groups in total. The molecule has 0 aliphatic carbocycles. The van der Waals surface area contributed by atoms with Gasteiger partial charge in [0.25, 0.3) is 0 Å². The fraction of sp³-hybridized carbons (Fsp3) is 0.412. The zero-order chi connectivity index (χ0) is 16.4. The first-order valence-electron chi connectivity index (χ1n) is 7.80. The van der Waals surface area contributed by atoms with Crippen LogP contribution < -0.4 is 14.8 Å². The molecule has 0 bridgehead atoms.